The molecule has 0 bridgehead atoms. The first-order valence-corrected chi connectivity index (χ1v) is 5.17. The van der Waals surface area contributed by atoms with Crippen LogP contribution in [0.5, 0.6) is 0 Å². The maximum absolute atomic E-state index is 9.34. The van der Waals surface area contributed by atoms with Gasteiger partial charge >= 0.3 is 26.2 Å². The van der Waals surface area contributed by atoms with Gasteiger partial charge in [-0.05, 0) is 34.6 Å². The van der Waals surface area contributed by atoms with Crippen LogP contribution in [0, 0.1) is 0 Å². The van der Waals surface area contributed by atoms with Crippen LogP contribution < -0.4 is 31.7 Å². The fraction of sp³-hybridized carbons (Fsp3) is 0.545. The third kappa shape index (κ3) is 1590. The van der Waals surface area contributed by atoms with Crippen molar-refractivity contribution in [1.82, 2.24) is 6.15 Å². The van der Waals surface area contributed by atoms with E-state index in [1.807, 2.05) is 0 Å². The zero-order valence-corrected chi connectivity index (χ0v) is 16.6. The van der Waals surface area contributed by atoms with Gasteiger partial charge in [0.15, 0.2) is 0 Å². The molecule has 0 heterocycles. The summed E-state index contributed by atoms with van der Waals surface area (Å²) in [4.78, 5) is 44.9. The van der Waals surface area contributed by atoms with Crippen LogP contribution in [0.2, 0.25) is 0 Å². The Morgan fingerprint density at radius 2 is 0.708 bits per heavy atom. The molecule has 13 heteroatoms. The number of aliphatic hydroxyl groups is 1. The molecule has 0 aromatic heterocycles. The van der Waals surface area contributed by atoms with Crippen LogP contribution >= 0.6 is 0 Å². The second kappa shape index (κ2) is 32.9. The number of carboxylic acid groups (broad SMARTS) is 5. The summed E-state index contributed by atoms with van der Waals surface area (Å²) in [5.41, 5.74) is 0. The summed E-state index contributed by atoms with van der Waals surface area (Å²) >= 11 is 0. The average molecular weight is 435 g/mol. The summed E-state index contributed by atoms with van der Waals surface area (Å²) in [6.45, 7) is 5.02. The summed E-state index contributed by atoms with van der Waals surface area (Å²) in [6.07, 6.45) is -1.34. The van der Waals surface area contributed by atoms with Gasteiger partial charge in [0.25, 0.3) is 0 Å². The third-order valence-electron chi connectivity index (χ3n) is 0.341. The Labute approximate surface area is 157 Å². The Bertz CT molecular complexity index is 281. The number of quaternary nitrogens is 1. The molecule has 0 radical (unpaired) electrons. The van der Waals surface area contributed by atoms with Crippen LogP contribution in [0.1, 0.15) is 34.6 Å². The maximum Gasteiger partial charge on any atom is 4.00 e. The van der Waals surface area contributed by atoms with Gasteiger partial charge in [0.1, 0.15) is 0 Å². The van der Waals surface area contributed by atoms with Crippen LogP contribution in [0.15, 0.2) is 0 Å². The molecule has 0 amide bonds. The van der Waals surface area contributed by atoms with Crippen molar-refractivity contribution in [2.24, 2.45) is 0 Å². The summed E-state index contributed by atoms with van der Waals surface area (Å²) in [6, 6.07) is 0. The van der Waals surface area contributed by atoms with E-state index in [0.717, 1.165) is 34.6 Å². The van der Waals surface area contributed by atoms with Gasteiger partial charge in [-0.25, -0.2) is 0 Å². The first-order valence-electron chi connectivity index (χ1n) is 5.17. The number of rotatable bonds is 1. The van der Waals surface area contributed by atoms with Gasteiger partial charge < -0.3 is 60.8 Å². The Morgan fingerprint density at radius 3 is 0.708 bits per heavy atom. The molecule has 0 aliphatic carbocycles. The summed E-state index contributed by atoms with van der Waals surface area (Å²) in [5.74, 6) is -5.77. The number of aliphatic carboxylic acids is 5. The molecule has 140 valence electrons. The summed E-state index contributed by atoms with van der Waals surface area (Å²) < 4.78 is 0. The molecule has 0 aliphatic rings. The molecule has 0 saturated heterocycles. The Kier molecular flexibility index (Phi) is 59.2. The Morgan fingerprint density at radius 1 is 0.667 bits per heavy atom. The van der Waals surface area contributed by atoms with Crippen LogP contribution in [-0.4, -0.2) is 41.1 Å². The molecular weight excluding hydrogens is 413 g/mol. The fourth-order valence-electron chi connectivity index (χ4n) is 0. The Hall–Kier alpha value is -1.85. The van der Waals surface area contributed by atoms with E-state index in [4.69, 9.17) is 44.7 Å². The number of carbonyl (C=O) groups excluding carboxylic acids is 5. The molecule has 0 spiro atoms. The maximum atomic E-state index is 9.34. The van der Waals surface area contributed by atoms with Gasteiger partial charge in [0.2, 0.25) is 0 Å². The van der Waals surface area contributed by atoms with E-state index < -0.39 is 36.0 Å². The molecule has 1 atom stereocenters. The number of hydrogen-bond acceptors (Lipinski definition) is 11. The molecule has 12 nitrogen and oxygen atoms in total. The number of carbonyl (C=O) groups is 5. The molecule has 0 aromatic rings. The smallest absolute Gasteiger partial charge is 0.550 e. The molecule has 0 saturated carbocycles. The van der Waals surface area contributed by atoms with E-state index in [9.17, 15) is 9.90 Å². The van der Waals surface area contributed by atoms with Gasteiger partial charge in [0, 0.05) is 23.9 Å². The van der Waals surface area contributed by atoms with Gasteiger partial charge in [-0.15, -0.1) is 0 Å². The second-order valence-corrected chi connectivity index (χ2v) is 2.96. The van der Waals surface area contributed by atoms with Crippen LogP contribution in [-0.2, 0) is 50.2 Å². The first-order chi connectivity index (χ1) is 9.57. The van der Waals surface area contributed by atoms with E-state index >= 15 is 0 Å². The molecule has 0 aromatic carbocycles. The zero-order chi connectivity index (χ0) is 19.5. The third-order valence-corrected chi connectivity index (χ3v) is 0.341. The predicted molar refractivity (Wildman–Crippen MR) is 65.4 cm³/mol. The van der Waals surface area contributed by atoms with Crippen molar-refractivity contribution in [3.63, 3.8) is 0 Å². The van der Waals surface area contributed by atoms with Crippen molar-refractivity contribution >= 4 is 29.8 Å². The molecule has 0 aliphatic heterocycles. The van der Waals surface area contributed by atoms with E-state index in [0.29, 0.717) is 0 Å². The van der Waals surface area contributed by atoms with E-state index in [1.54, 1.807) is 0 Å². The predicted octanol–water partition coefficient (Wildman–Crippen LogP) is -6.48. The average Bonchev–Trinajstić information content (AvgIpc) is 2.12. The second-order valence-electron chi connectivity index (χ2n) is 2.96. The van der Waals surface area contributed by atoms with Crippen LogP contribution in [0.4, 0.5) is 0 Å². The van der Waals surface area contributed by atoms with Crippen molar-refractivity contribution in [3.05, 3.63) is 0 Å². The molecular formula is C11H21NO11Zr. The number of hydrogen-bond donors (Lipinski definition) is 2. The van der Waals surface area contributed by atoms with E-state index in [-0.39, 0.29) is 32.4 Å². The van der Waals surface area contributed by atoms with Crippen molar-refractivity contribution in [2.45, 2.75) is 40.7 Å². The fourth-order valence-corrected chi connectivity index (χ4v) is 0. The Balaban J connectivity index is -0.0000000298. The number of carboxylic acids is 5. The molecule has 24 heavy (non-hydrogen) atoms. The monoisotopic (exact) mass is 433 g/mol. The SMILES string of the molecule is CC(=O)[O-].CC(=O)[O-].CC(=O)[O-].CC(=O)[O-].CC(O)C(=O)[O-].[NH4+].[Zr+4]. The molecule has 0 fully saturated rings. The standard InChI is InChI=1S/C3H6O3.4C2H4O2.H3N.Zr/c1-2(4)3(5)6;4*1-2(3)4;;/h2,4H,1H3,(H,5,6);4*1H3,(H,3,4);1H3;/q;;;;;;+4/p-4. The van der Waals surface area contributed by atoms with Crippen LogP contribution in [0.3, 0.4) is 0 Å². The minimum Gasteiger partial charge on any atom is -0.550 e. The van der Waals surface area contributed by atoms with Gasteiger partial charge in [-0.1, -0.05) is 0 Å². The molecule has 0 rings (SSSR count). The van der Waals surface area contributed by atoms with Gasteiger partial charge in [0.05, 0.1) is 12.1 Å². The van der Waals surface area contributed by atoms with Crippen molar-refractivity contribution in [3.8, 4) is 0 Å². The minimum absolute atomic E-state index is 0. The van der Waals surface area contributed by atoms with Gasteiger partial charge in [-0.3, -0.25) is 0 Å². The topological polar surface area (TPSA) is 257 Å². The van der Waals surface area contributed by atoms with Gasteiger partial charge in [-0.2, -0.15) is 0 Å². The summed E-state index contributed by atoms with van der Waals surface area (Å²) in [5, 5.41) is 52.9. The van der Waals surface area contributed by atoms with E-state index in [1.165, 1.54) is 0 Å². The van der Waals surface area contributed by atoms with Crippen molar-refractivity contribution in [1.29, 1.82) is 0 Å². The quantitative estimate of drug-likeness (QED) is 0.392. The van der Waals surface area contributed by atoms with Crippen molar-refractivity contribution in [2.75, 3.05) is 0 Å². The minimum atomic E-state index is -1.44. The number of aliphatic hydroxyl groups excluding tert-OH is 1. The van der Waals surface area contributed by atoms with Crippen molar-refractivity contribution < 1.29 is 80.8 Å². The summed E-state index contributed by atoms with van der Waals surface area (Å²) in [7, 11) is 0. The normalized spacial score (nSPS) is 7.58. The first kappa shape index (κ1) is 43.2. The molecule has 1 unspecified atom stereocenters. The largest absolute Gasteiger partial charge is 4.00 e. The van der Waals surface area contributed by atoms with E-state index in [2.05, 4.69) is 0 Å². The van der Waals surface area contributed by atoms with Crippen LogP contribution in [0.25, 0.3) is 0 Å². The zero-order valence-electron chi connectivity index (χ0n) is 14.1. The molecule has 5 N–H and O–H groups in total.